The lowest BCUT2D eigenvalue weighted by Gasteiger charge is -2.30. The summed E-state index contributed by atoms with van der Waals surface area (Å²) < 4.78 is 0. The Morgan fingerprint density at radius 2 is 1.70 bits per heavy atom. The van der Waals surface area contributed by atoms with Crippen LogP contribution in [0.1, 0.15) is 49.8 Å². The zero-order valence-corrected chi connectivity index (χ0v) is 19.2. The van der Waals surface area contributed by atoms with Gasteiger partial charge in [-0.2, -0.15) is 0 Å². The van der Waals surface area contributed by atoms with Gasteiger partial charge in [0.2, 0.25) is 11.8 Å². The van der Waals surface area contributed by atoms with E-state index < -0.39 is 6.04 Å². The summed E-state index contributed by atoms with van der Waals surface area (Å²) in [6.07, 6.45) is 2.57. The molecule has 2 aromatic rings. The van der Waals surface area contributed by atoms with Crippen LogP contribution in [0.2, 0.25) is 0 Å². The van der Waals surface area contributed by atoms with Crippen molar-refractivity contribution < 1.29 is 9.59 Å². The van der Waals surface area contributed by atoms with E-state index in [4.69, 9.17) is 0 Å². The summed E-state index contributed by atoms with van der Waals surface area (Å²) in [7, 11) is 0. The van der Waals surface area contributed by atoms with E-state index in [1.54, 1.807) is 16.7 Å². The van der Waals surface area contributed by atoms with Gasteiger partial charge in [0, 0.05) is 18.8 Å². The number of unbranched alkanes of at least 4 members (excludes halogenated alkanes) is 1. The highest BCUT2D eigenvalue weighted by molar-refractivity contribution is 7.99. The minimum Gasteiger partial charge on any atom is -0.354 e. The molecule has 2 rings (SSSR count). The molecule has 0 radical (unpaired) electrons. The zero-order valence-electron chi connectivity index (χ0n) is 18.4. The van der Waals surface area contributed by atoms with Crippen LogP contribution in [-0.2, 0) is 21.9 Å². The first-order chi connectivity index (χ1) is 14.5. The number of rotatable bonds is 12. The maximum Gasteiger partial charge on any atom is 0.242 e. The third-order valence-corrected chi connectivity index (χ3v) is 6.01. The van der Waals surface area contributed by atoms with Crippen LogP contribution < -0.4 is 5.32 Å². The molecule has 0 spiro atoms. The highest BCUT2D eigenvalue weighted by Gasteiger charge is 2.28. The minimum absolute atomic E-state index is 0.00783. The van der Waals surface area contributed by atoms with Crippen molar-refractivity contribution in [2.24, 2.45) is 0 Å². The third-order valence-electron chi connectivity index (χ3n) is 5.03. The van der Waals surface area contributed by atoms with Crippen LogP contribution in [0.25, 0.3) is 0 Å². The van der Waals surface area contributed by atoms with E-state index in [0.29, 0.717) is 25.3 Å². The molecule has 5 heteroatoms. The smallest absolute Gasteiger partial charge is 0.242 e. The quantitative estimate of drug-likeness (QED) is 0.489. The topological polar surface area (TPSA) is 49.4 Å². The van der Waals surface area contributed by atoms with Gasteiger partial charge in [0.25, 0.3) is 0 Å². The van der Waals surface area contributed by atoms with Crippen molar-refractivity contribution in [1.29, 1.82) is 0 Å². The number of thioether (sulfide) groups is 1. The fourth-order valence-electron chi connectivity index (χ4n) is 3.23. The van der Waals surface area contributed by atoms with Gasteiger partial charge in [-0.1, -0.05) is 80.4 Å². The lowest BCUT2D eigenvalue weighted by atomic mass is 10.1. The van der Waals surface area contributed by atoms with Crippen molar-refractivity contribution in [2.45, 2.75) is 58.4 Å². The maximum atomic E-state index is 13.2. The van der Waals surface area contributed by atoms with Crippen LogP contribution in [-0.4, -0.2) is 35.1 Å². The number of nitrogens with one attached hydrogen (secondary N) is 1. The molecule has 0 fully saturated rings. The number of nitrogens with zero attached hydrogens (tertiary/aromatic N) is 1. The normalized spacial score (nSPS) is 11.7. The fraction of sp³-hybridized carbons (Fsp3) is 0.440. The van der Waals surface area contributed by atoms with E-state index in [9.17, 15) is 9.59 Å². The highest BCUT2D eigenvalue weighted by atomic mass is 32.2. The molecule has 0 saturated heterocycles. The van der Waals surface area contributed by atoms with Crippen LogP contribution in [0, 0.1) is 6.92 Å². The Kier molecular flexibility index (Phi) is 10.5. The largest absolute Gasteiger partial charge is 0.354 e. The average molecular weight is 427 g/mol. The highest BCUT2D eigenvalue weighted by Crippen LogP contribution is 2.17. The third kappa shape index (κ3) is 7.86. The molecule has 0 heterocycles. The molecule has 1 N–H and O–H groups in total. The molecule has 0 bridgehead atoms. The van der Waals surface area contributed by atoms with Gasteiger partial charge in [0.05, 0.1) is 5.75 Å². The van der Waals surface area contributed by atoms with Gasteiger partial charge in [0.1, 0.15) is 6.04 Å². The van der Waals surface area contributed by atoms with Gasteiger partial charge in [0.15, 0.2) is 0 Å². The predicted octanol–water partition coefficient (Wildman–Crippen LogP) is 4.95. The molecule has 30 heavy (non-hydrogen) atoms. The molecule has 0 aliphatic heterocycles. The summed E-state index contributed by atoms with van der Waals surface area (Å²) in [5.41, 5.74) is 3.47. The molecule has 162 valence electrons. The number of hydrogen-bond donors (Lipinski definition) is 1. The summed E-state index contributed by atoms with van der Waals surface area (Å²) in [5.74, 6) is 1.09. The van der Waals surface area contributed by atoms with Crippen LogP contribution in [0.5, 0.6) is 0 Å². The number of benzene rings is 2. The van der Waals surface area contributed by atoms with Crippen molar-refractivity contribution in [3.63, 3.8) is 0 Å². The number of carbonyl (C=O) groups is 2. The van der Waals surface area contributed by atoms with Crippen molar-refractivity contribution in [2.75, 3.05) is 12.3 Å². The molecule has 0 aromatic heterocycles. The predicted molar refractivity (Wildman–Crippen MR) is 126 cm³/mol. The number of hydrogen-bond acceptors (Lipinski definition) is 3. The molecular weight excluding hydrogens is 392 g/mol. The van der Waals surface area contributed by atoms with Gasteiger partial charge in [-0.05, 0) is 30.9 Å². The molecule has 2 aromatic carbocycles. The standard InChI is InChI=1S/C25H34N2O2S/c1-4-6-16-26-25(29)23(5-2)27(17-21-10-8-7-9-11-21)24(28)19-30-18-22-14-12-20(3)13-15-22/h7-15,23H,4-6,16-19H2,1-3H3,(H,26,29). The van der Waals surface area contributed by atoms with Crippen LogP contribution >= 0.6 is 11.8 Å². The van der Waals surface area contributed by atoms with Gasteiger partial charge >= 0.3 is 0 Å². The summed E-state index contributed by atoms with van der Waals surface area (Å²) in [5, 5.41) is 3.00. The second-order valence-electron chi connectivity index (χ2n) is 7.55. The molecule has 2 amide bonds. The Balaban J connectivity index is 2.05. The number of amides is 2. The molecule has 1 unspecified atom stereocenters. The van der Waals surface area contributed by atoms with E-state index in [1.165, 1.54) is 11.1 Å². The number of aryl methyl sites for hydroxylation is 1. The van der Waals surface area contributed by atoms with E-state index in [0.717, 1.165) is 24.2 Å². The van der Waals surface area contributed by atoms with Crippen molar-refractivity contribution in [3.05, 3.63) is 71.3 Å². The van der Waals surface area contributed by atoms with Crippen molar-refractivity contribution in [1.82, 2.24) is 10.2 Å². The molecule has 0 saturated carbocycles. The van der Waals surface area contributed by atoms with E-state index in [1.807, 2.05) is 37.3 Å². The minimum atomic E-state index is -0.450. The lowest BCUT2D eigenvalue weighted by Crippen LogP contribution is -2.49. The van der Waals surface area contributed by atoms with Crippen LogP contribution in [0.3, 0.4) is 0 Å². The Morgan fingerprint density at radius 1 is 1.00 bits per heavy atom. The van der Waals surface area contributed by atoms with Gasteiger partial charge in [-0.3, -0.25) is 9.59 Å². The summed E-state index contributed by atoms with van der Waals surface area (Å²) in [4.78, 5) is 27.7. The molecule has 1 atom stereocenters. The van der Waals surface area contributed by atoms with Gasteiger partial charge < -0.3 is 10.2 Å². The molecule has 4 nitrogen and oxygen atoms in total. The Labute approximate surface area is 185 Å². The van der Waals surface area contributed by atoms with Gasteiger partial charge in [-0.25, -0.2) is 0 Å². The van der Waals surface area contributed by atoms with Crippen molar-refractivity contribution in [3.8, 4) is 0 Å². The Morgan fingerprint density at radius 3 is 2.33 bits per heavy atom. The first kappa shape index (κ1) is 24.0. The van der Waals surface area contributed by atoms with Crippen molar-refractivity contribution >= 4 is 23.6 Å². The van der Waals surface area contributed by atoms with Crippen LogP contribution in [0.15, 0.2) is 54.6 Å². The Bertz CT molecular complexity index is 777. The van der Waals surface area contributed by atoms with E-state index in [-0.39, 0.29) is 11.8 Å². The number of carbonyl (C=O) groups excluding carboxylic acids is 2. The van der Waals surface area contributed by atoms with Crippen LogP contribution in [0.4, 0.5) is 0 Å². The zero-order chi connectivity index (χ0) is 21.8. The lowest BCUT2D eigenvalue weighted by molar-refractivity contribution is -0.139. The Hall–Kier alpha value is -2.27. The summed E-state index contributed by atoms with van der Waals surface area (Å²) in [6.45, 7) is 7.24. The van der Waals surface area contributed by atoms with Gasteiger partial charge in [-0.15, -0.1) is 11.8 Å². The van der Waals surface area contributed by atoms with E-state index in [2.05, 4.69) is 43.4 Å². The fourth-order valence-corrected chi connectivity index (χ4v) is 4.10. The van der Waals surface area contributed by atoms with E-state index >= 15 is 0 Å². The summed E-state index contributed by atoms with van der Waals surface area (Å²) in [6, 6.07) is 17.8. The molecule has 0 aliphatic rings. The SMILES string of the molecule is CCCCNC(=O)C(CC)N(Cc1ccccc1)C(=O)CSCc1ccc(C)cc1. The first-order valence-electron chi connectivity index (χ1n) is 10.8. The maximum absolute atomic E-state index is 13.2. The first-order valence-corrected chi connectivity index (χ1v) is 11.9. The summed E-state index contributed by atoms with van der Waals surface area (Å²) >= 11 is 1.60. The average Bonchev–Trinajstić information content (AvgIpc) is 2.76. The molecule has 0 aliphatic carbocycles. The molecular formula is C25H34N2O2S. The second-order valence-corrected chi connectivity index (χ2v) is 8.54. The monoisotopic (exact) mass is 426 g/mol. The second kappa shape index (κ2) is 13.1.